The van der Waals surface area contributed by atoms with E-state index in [9.17, 15) is 15.3 Å². The largest absolute Gasteiger partial charge is 0.467 e. The summed E-state index contributed by atoms with van der Waals surface area (Å²) < 4.78 is 7.20. The third-order valence-electron chi connectivity index (χ3n) is 4.82. The molecule has 0 atom stereocenters. The summed E-state index contributed by atoms with van der Waals surface area (Å²) in [6.45, 7) is 8.01. The van der Waals surface area contributed by atoms with Gasteiger partial charge in [0.1, 0.15) is 28.5 Å². The Morgan fingerprint density at radius 2 is 2.07 bits per heavy atom. The lowest BCUT2D eigenvalue weighted by atomic mass is 10.1. The lowest BCUT2D eigenvalue weighted by Crippen LogP contribution is -2.23. The molecule has 0 aliphatic heterocycles. The molecule has 0 aliphatic rings. The number of aromatic nitrogens is 1. The Morgan fingerprint density at radius 1 is 1.31 bits per heavy atom. The van der Waals surface area contributed by atoms with Crippen molar-refractivity contribution in [3.8, 4) is 17.1 Å². The fraction of sp³-hybridized carbons (Fsp3) is 0.227. The number of nitrogens with one attached hydrogen (secondary N) is 1. The molecular weight excluding hydrogens is 384 g/mol. The molecule has 0 radical (unpaired) electrons. The number of rotatable bonds is 5. The highest BCUT2D eigenvalue weighted by Gasteiger charge is 2.19. The van der Waals surface area contributed by atoms with Gasteiger partial charge < -0.3 is 14.3 Å². The van der Waals surface area contributed by atoms with Crippen LogP contribution in [0.2, 0.25) is 0 Å². The maximum Gasteiger partial charge on any atom is 0.262 e. The Balaban J connectivity index is 1.95. The van der Waals surface area contributed by atoms with Crippen LogP contribution in [0.25, 0.3) is 11.1 Å². The van der Waals surface area contributed by atoms with E-state index >= 15 is 0 Å². The second kappa shape index (κ2) is 8.22. The molecule has 146 valence electrons. The summed E-state index contributed by atoms with van der Waals surface area (Å²) in [6.07, 6.45) is 3.11. The molecule has 0 saturated heterocycles. The number of carbonyl (C=O) groups excluding carboxylic acids is 1. The highest BCUT2D eigenvalue weighted by Crippen LogP contribution is 2.33. The number of amides is 1. The van der Waals surface area contributed by atoms with E-state index in [-0.39, 0.29) is 12.1 Å². The Bertz CT molecular complexity index is 1180. The van der Waals surface area contributed by atoms with Gasteiger partial charge in [-0.1, -0.05) is 0 Å². The summed E-state index contributed by atoms with van der Waals surface area (Å²) in [4.78, 5) is 13.5. The molecule has 29 heavy (non-hydrogen) atoms. The van der Waals surface area contributed by atoms with Crippen molar-refractivity contribution < 1.29 is 9.21 Å². The van der Waals surface area contributed by atoms with Crippen LogP contribution in [0.4, 0.5) is 0 Å². The van der Waals surface area contributed by atoms with Crippen LogP contribution < -0.4 is 5.32 Å². The van der Waals surface area contributed by atoms with Gasteiger partial charge in [-0.3, -0.25) is 4.79 Å². The summed E-state index contributed by atoms with van der Waals surface area (Å²) >= 11 is 1.56. The number of carbonyl (C=O) groups is 1. The number of aryl methyl sites for hydroxylation is 2. The summed E-state index contributed by atoms with van der Waals surface area (Å²) in [5.41, 5.74) is 4.20. The van der Waals surface area contributed by atoms with Gasteiger partial charge in [-0.05, 0) is 63.1 Å². The quantitative estimate of drug-likeness (QED) is 0.502. The number of hydrogen-bond acceptors (Lipinski definition) is 5. The van der Waals surface area contributed by atoms with E-state index in [1.54, 1.807) is 29.5 Å². The van der Waals surface area contributed by atoms with Crippen LogP contribution in [-0.2, 0) is 11.3 Å². The standard InChI is InChI=1S/C22H20N4O2S/c1-13-8-17(9-18(10-23)21(27)25-12-19-6-5-7-28-19)15(3)26(13)22-20(11-24)14(2)16(4)29-22/h5-9H,12H2,1-4H3,(H,25,27)/b18-9+. The molecular formula is C22H20N4O2S. The number of furan rings is 1. The second-order valence-corrected chi connectivity index (χ2v) is 7.87. The Hall–Kier alpha value is -3.55. The SMILES string of the molecule is Cc1sc(-n2c(C)cc(/C=C(\C#N)C(=O)NCc3ccco3)c2C)c(C#N)c1C. The van der Waals surface area contributed by atoms with E-state index in [2.05, 4.69) is 11.4 Å². The Kier molecular flexibility index (Phi) is 5.72. The summed E-state index contributed by atoms with van der Waals surface area (Å²) in [6, 6.07) is 9.67. The monoisotopic (exact) mass is 404 g/mol. The smallest absolute Gasteiger partial charge is 0.262 e. The fourth-order valence-corrected chi connectivity index (χ4v) is 4.34. The average molecular weight is 404 g/mol. The van der Waals surface area contributed by atoms with Crippen LogP contribution in [0.3, 0.4) is 0 Å². The molecule has 0 fully saturated rings. The number of nitriles is 2. The predicted octanol–water partition coefficient (Wildman–Crippen LogP) is 4.46. The fourth-order valence-electron chi connectivity index (χ4n) is 3.12. The minimum Gasteiger partial charge on any atom is -0.467 e. The van der Waals surface area contributed by atoms with Gasteiger partial charge in [0.2, 0.25) is 0 Å². The highest BCUT2D eigenvalue weighted by molar-refractivity contribution is 7.14. The maximum atomic E-state index is 12.4. The van der Waals surface area contributed by atoms with Crippen molar-refractivity contribution in [1.82, 2.24) is 9.88 Å². The van der Waals surface area contributed by atoms with Crippen LogP contribution in [0.15, 0.2) is 34.5 Å². The van der Waals surface area contributed by atoms with Gasteiger partial charge in [-0.2, -0.15) is 10.5 Å². The molecule has 7 heteroatoms. The van der Waals surface area contributed by atoms with Gasteiger partial charge in [-0.15, -0.1) is 11.3 Å². The van der Waals surface area contributed by atoms with Gasteiger partial charge in [-0.25, -0.2) is 0 Å². The van der Waals surface area contributed by atoms with E-state index in [1.807, 2.05) is 44.4 Å². The molecule has 3 aromatic rings. The summed E-state index contributed by atoms with van der Waals surface area (Å²) in [5.74, 6) is 0.149. The molecule has 6 nitrogen and oxygen atoms in total. The van der Waals surface area contributed by atoms with E-state index in [4.69, 9.17) is 4.42 Å². The number of thiophene rings is 1. The molecule has 3 aromatic heterocycles. The molecule has 1 amide bonds. The van der Waals surface area contributed by atoms with E-state index in [0.29, 0.717) is 11.3 Å². The molecule has 0 bridgehead atoms. The molecule has 0 saturated carbocycles. The van der Waals surface area contributed by atoms with Crippen LogP contribution in [0.1, 0.15) is 38.7 Å². The second-order valence-electron chi connectivity index (χ2n) is 6.67. The van der Waals surface area contributed by atoms with Crippen molar-refractivity contribution in [3.05, 3.63) is 68.8 Å². The van der Waals surface area contributed by atoms with E-state index in [0.717, 1.165) is 32.4 Å². The minimum absolute atomic E-state index is 0.0100. The van der Waals surface area contributed by atoms with Crippen molar-refractivity contribution in [2.45, 2.75) is 34.2 Å². The van der Waals surface area contributed by atoms with Crippen LogP contribution >= 0.6 is 11.3 Å². The van der Waals surface area contributed by atoms with Crippen molar-refractivity contribution in [3.63, 3.8) is 0 Å². The normalized spacial score (nSPS) is 11.2. The molecule has 0 aliphatic carbocycles. The van der Waals surface area contributed by atoms with Crippen LogP contribution in [-0.4, -0.2) is 10.5 Å². The van der Waals surface area contributed by atoms with Gasteiger partial charge >= 0.3 is 0 Å². The number of nitrogens with zero attached hydrogens (tertiary/aromatic N) is 3. The van der Waals surface area contributed by atoms with Crippen molar-refractivity contribution >= 4 is 23.3 Å². The van der Waals surface area contributed by atoms with E-state index < -0.39 is 5.91 Å². The zero-order chi connectivity index (χ0) is 21.1. The molecule has 0 unspecified atom stereocenters. The van der Waals surface area contributed by atoms with Crippen LogP contribution in [0, 0.1) is 50.4 Å². The van der Waals surface area contributed by atoms with Gasteiger partial charge in [0.05, 0.1) is 18.4 Å². The van der Waals surface area contributed by atoms with Crippen molar-refractivity contribution in [1.29, 1.82) is 10.5 Å². The first kappa shape index (κ1) is 20.2. The first-order chi connectivity index (χ1) is 13.9. The average Bonchev–Trinajstić information content (AvgIpc) is 3.38. The third kappa shape index (κ3) is 3.87. The Labute approximate surface area is 173 Å². The summed E-state index contributed by atoms with van der Waals surface area (Å²) in [5, 5.41) is 22.6. The van der Waals surface area contributed by atoms with Gasteiger partial charge in [0.15, 0.2) is 0 Å². The molecule has 0 aromatic carbocycles. The molecule has 3 heterocycles. The maximum absolute atomic E-state index is 12.4. The molecule has 0 spiro atoms. The zero-order valence-electron chi connectivity index (χ0n) is 16.7. The van der Waals surface area contributed by atoms with Crippen molar-refractivity contribution in [2.75, 3.05) is 0 Å². The van der Waals surface area contributed by atoms with Crippen LogP contribution in [0.5, 0.6) is 0 Å². The molecule has 1 N–H and O–H groups in total. The highest BCUT2D eigenvalue weighted by atomic mass is 32.1. The van der Waals surface area contributed by atoms with Gasteiger partial charge in [0, 0.05) is 16.3 Å². The topological polar surface area (TPSA) is 94.8 Å². The Morgan fingerprint density at radius 3 is 2.69 bits per heavy atom. The third-order valence-corrected chi connectivity index (χ3v) is 6.01. The van der Waals surface area contributed by atoms with Gasteiger partial charge in [0.25, 0.3) is 5.91 Å². The van der Waals surface area contributed by atoms with Crippen molar-refractivity contribution in [2.24, 2.45) is 0 Å². The first-order valence-corrected chi connectivity index (χ1v) is 9.80. The lowest BCUT2D eigenvalue weighted by Gasteiger charge is -2.08. The predicted molar refractivity (Wildman–Crippen MR) is 111 cm³/mol. The van der Waals surface area contributed by atoms with E-state index in [1.165, 1.54) is 6.26 Å². The first-order valence-electron chi connectivity index (χ1n) is 8.99. The zero-order valence-corrected chi connectivity index (χ0v) is 17.5. The molecule has 3 rings (SSSR count). The number of hydrogen-bond donors (Lipinski definition) is 1. The summed E-state index contributed by atoms with van der Waals surface area (Å²) in [7, 11) is 0. The lowest BCUT2D eigenvalue weighted by molar-refractivity contribution is -0.117. The minimum atomic E-state index is -0.464.